The molecule has 1 aromatic heterocycles. The molecular formula is C14H19N5. The van der Waals surface area contributed by atoms with Crippen LogP contribution in [0.3, 0.4) is 0 Å². The Balaban J connectivity index is 1.59. The van der Waals surface area contributed by atoms with Crippen LogP contribution in [0.25, 0.3) is 0 Å². The van der Waals surface area contributed by atoms with E-state index in [-0.39, 0.29) is 0 Å². The molecule has 100 valence electrons. The zero-order chi connectivity index (χ0) is 12.9. The van der Waals surface area contributed by atoms with E-state index >= 15 is 0 Å². The van der Waals surface area contributed by atoms with Crippen LogP contribution in [0.2, 0.25) is 0 Å². The Kier molecular flexibility index (Phi) is 3.86. The maximum atomic E-state index is 4.26. The predicted octanol–water partition coefficient (Wildman–Crippen LogP) is 0.732. The van der Waals surface area contributed by atoms with Gasteiger partial charge in [-0.05, 0) is 5.56 Å². The van der Waals surface area contributed by atoms with Gasteiger partial charge in [0, 0.05) is 32.7 Å². The fourth-order valence-electron chi connectivity index (χ4n) is 2.36. The Labute approximate surface area is 113 Å². The zero-order valence-corrected chi connectivity index (χ0v) is 11.0. The van der Waals surface area contributed by atoms with Crippen LogP contribution in [0.15, 0.2) is 36.5 Å². The highest BCUT2D eigenvalue weighted by atomic mass is 15.4. The fraction of sp³-hybridized carbons (Fsp3) is 0.429. The number of nitrogens with one attached hydrogen (secondary N) is 1. The number of aromatic nitrogens is 3. The van der Waals surface area contributed by atoms with Crippen molar-refractivity contribution in [2.75, 3.05) is 26.2 Å². The first kappa shape index (κ1) is 12.3. The van der Waals surface area contributed by atoms with E-state index in [1.807, 2.05) is 22.9 Å². The van der Waals surface area contributed by atoms with Gasteiger partial charge in [0.15, 0.2) is 0 Å². The number of piperazine rings is 1. The van der Waals surface area contributed by atoms with Crippen molar-refractivity contribution in [2.45, 2.75) is 13.1 Å². The van der Waals surface area contributed by atoms with Crippen molar-refractivity contribution in [3.8, 4) is 0 Å². The molecule has 0 unspecified atom stereocenters. The summed E-state index contributed by atoms with van der Waals surface area (Å²) in [4.78, 5) is 2.41. The van der Waals surface area contributed by atoms with Gasteiger partial charge in [-0.3, -0.25) is 4.90 Å². The topological polar surface area (TPSA) is 46.0 Å². The van der Waals surface area contributed by atoms with Crippen LogP contribution in [0.5, 0.6) is 0 Å². The van der Waals surface area contributed by atoms with Crippen LogP contribution < -0.4 is 5.32 Å². The van der Waals surface area contributed by atoms with Gasteiger partial charge in [0.05, 0.1) is 18.4 Å². The average molecular weight is 257 g/mol. The highest BCUT2D eigenvalue weighted by Crippen LogP contribution is 2.05. The average Bonchev–Trinajstić information content (AvgIpc) is 2.88. The number of hydrogen-bond acceptors (Lipinski definition) is 4. The Bertz CT molecular complexity index is 502. The molecular weight excluding hydrogens is 238 g/mol. The number of rotatable bonds is 4. The van der Waals surface area contributed by atoms with Crippen LogP contribution in [0.1, 0.15) is 11.3 Å². The van der Waals surface area contributed by atoms with Gasteiger partial charge >= 0.3 is 0 Å². The Morgan fingerprint density at radius 2 is 1.84 bits per heavy atom. The van der Waals surface area contributed by atoms with Crippen molar-refractivity contribution >= 4 is 0 Å². The first-order valence-electron chi connectivity index (χ1n) is 6.76. The Morgan fingerprint density at radius 3 is 2.63 bits per heavy atom. The maximum absolute atomic E-state index is 4.26. The molecule has 0 bridgehead atoms. The molecule has 1 aliphatic rings. The summed E-state index contributed by atoms with van der Waals surface area (Å²) >= 11 is 0. The molecule has 0 aliphatic carbocycles. The first-order valence-corrected chi connectivity index (χ1v) is 6.76. The van der Waals surface area contributed by atoms with Gasteiger partial charge in [0.25, 0.3) is 0 Å². The van der Waals surface area contributed by atoms with E-state index in [2.05, 4.69) is 38.9 Å². The minimum Gasteiger partial charge on any atom is -0.314 e. The van der Waals surface area contributed by atoms with Crippen molar-refractivity contribution in [3.63, 3.8) is 0 Å². The van der Waals surface area contributed by atoms with E-state index in [4.69, 9.17) is 0 Å². The van der Waals surface area contributed by atoms with Gasteiger partial charge < -0.3 is 5.32 Å². The number of nitrogens with zero attached hydrogens (tertiary/aromatic N) is 4. The summed E-state index contributed by atoms with van der Waals surface area (Å²) in [5, 5.41) is 11.8. The maximum Gasteiger partial charge on any atom is 0.0967 e. The van der Waals surface area contributed by atoms with E-state index in [1.54, 1.807) is 0 Å². The smallest absolute Gasteiger partial charge is 0.0967 e. The molecule has 5 heteroatoms. The molecule has 1 aliphatic heterocycles. The number of benzene rings is 1. The molecule has 3 rings (SSSR count). The summed E-state index contributed by atoms with van der Waals surface area (Å²) in [6.45, 7) is 6.00. The van der Waals surface area contributed by atoms with Crippen molar-refractivity contribution < 1.29 is 0 Å². The van der Waals surface area contributed by atoms with Gasteiger partial charge in [-0.25, -0.2) is 4.68 Å². The van der Waals surface area contributed by atoms with Crippen molar-refractivity contribution in [3.05, 3.63) is 47.8 Å². The van der Waals surface area contributed by atoms with Crippen LogP contribution in [0, 0.1) is 0 Å². The molecule has 1 fully saturated rings. The third-order valence-electron chi connectivity index (χ3n) is 3.37. The molecule has 0 saturated carbocycles. The van der Waals surface area contributed by atoms with Crippen LogP contribution in [-0.2, 0) is 13.1 Å². The van der Waals surface area contributed by atoms with Gasteiger partial charge in [0.1, 0.15) is 0 Å². The van der Waals surface area contributed by atoms with Crippen LogP contribution in [-0.4, -0.2) is 46.1 Å². The standard InChI is InChI=1S/C14H19N5/c1-2-4-13(5-3-1)10-19-12-14(16-17-19)11-18-8-6-15-7-9-18/h1-5,12,15H,6-11H2. The fourth-order valence-corrected chi connectivity index (χ4v) is 2.36. The second-order valence-electron chi connectivity index (χ2n) is 4.92. The lowest BCUT2D eigenvalue weighted by Gasteiger charge is -2.25. The summed E-state index contributed by atoms with van der Waals surface area (Å²) in [6, 6.07) is 10.3. The number of hydrogen-bond donors (Lipinski definition) is 1. The minimum atomic E-state index is 0.787. The van der Waals surface area contributed by atoms with Gasteiger partial charge in [-0.1, -0.05) is 35.5 Å². The van der Waals surface area contributed by atoms with Crippen molar-refractivity contribution in [2.24, 2.45) is 0 Å². The second-order valence-corrected chi connectivity index (χ2v) is 4.92. The van der Waals surface area contributed by atoms with Crippen LogP contribution >= 0.6 is 0 Å². The van der Waals surface area contributed by atoms with E-state index in [9.17, 15) is 0 Å². The first-order chi connectivity index (χ1) is 9.40. The monoisotopic (exact) mass is 257 g/mol. The lowest BCUT2D eigenvalue weighted by atomic mass is 10.2. The Hall–Kier alpha value is -1.72. The van der Waals surface area contributed by atoms with E-state index in [0.29, 0.717) is 0 Å². The molecule has 2 aromatic rings. The molecule has 1 aromatic carbocycles. The highest BCUT2D eigenvalue weighted by Gasteiger charge is 2.11. The summed E-state index contributed by atoms with van der Waals surface area (Å²) in [5.74, 6) is 0. The highest BCUT2D eigenvalue weighted by molar-refractivity contribution is 5.14. The van der Waals surface area contributed by atoms with E-state index < -0.39 is 0 Å². The SMILES string of the molecule is c1ccc(Cn2cc(CN3CCNCC3)nn2)cc1. The minimum absolute atomic E-state index is 0.787. The summed E-state index contributed by atoms with van der Waals surface area (Å²) in [7, 11) is 0. The van der Waals surface area contributed by atoms with Crippen LogP contribution in [0.4, 0.5) is 0 Å². The summed E-state index contributed by atoms with van der Waals surface area (Å²) < 4.78 is 1.91. The molecule has 0 amide bonds. The summed E-state index contributed by atoms with van der Waals surface area (Å²) in [6.07, 6.45) is 2.05. The third-order valence-corrected chi connectivity index (χ3v) is 3.37. The molecule has 0 atom stereocenters. The van der Waals surface area contributed by atoms with Gasteiger partial charge in [-0.2, -0.15) is 0 Å². The Morgan fingerprint density at radius 1 is 1.05 bits per heavy atom. The lowest BCUT2D eigenvalue weighted by molar-refractivity contribution is 0.230. The van der Waals surface area contributed by atoms with Crippen molar-refractivity contribution in [1.82, 2.24) is 25.2 Å². The molecule has 0 radical (unpaired) electrons. The molecule has 0 spiro atoms. The molecule has 5 nitrogen and oxygen atoms in total. The second kappa shape index (κ2) is 5.95. The van der Waals surface area contributed by atoms with E-state index in [1.165, 1.54) is 5.56 Å². The normalized spacial score (nSPS) is 16.6. The summed E-state index contributed by atoms with van der Waals surface area (Å²) in [5.41, 5.74) is 2.30. The quantitative estimate of drug-likeness (QED) is 0.877. The van der Waals surface area contributed by atoms with Crippen molar-refractivity contribution in [1.29, 1.82) is 0 Å². The lowest BCUT2D eigenvalue weighted by Crippen LogP contribution is -2.42. The largest absolute Gasteiger partial charge is 0.314 e. The molecule has 1 N–H and O–H groups in total. The van der Waals surface area contributed by atoms with E-state index in [0.717, 1.165) is 45.0 Å². The third kappa shape index (κ3) is 3.39. The van der Waals surface area contributed by atoms with Gasteiger partial charge in [-0.15, -0.1) is 5.10 Å². The van der Waals surface area contributed by atoms with Gasteiger partial charge in [0.2, 0.25) is 0 Å². The molecule has 19 heavy (non-hydrogen) atoms. The zero-order valence-electron chi connectivity index (χ0n) is 11.0. The predicted molar refractivity (Wildman–Crippen MR) is 73.7 cm³/mol. The molecule has 1 saturated heterocycles. The molecule has 2 heterocycles.